The van der Waals surface area contributed by atoms with Gasteiger partial charge in [0.1, 0.15) is 5.75 Å². The Kier molecular flexibility index (Phi) is 6.16. The summed E-state index contributed by atoms with van der Waals surface area (Å²) in [5.74, 6) is 0.351. The predicted molar refractivity (Wildman–Crippen MR) is 119 cm³/mol. The molecule has 0 radical (unpaired) electrons. The van der Waals surface area contributed by atoms with Gasteiger partial charge >= 0.3 is 5.69 Å². The Balaban J connectivity index is 1.42. The molecule has 2 heterocycles. The van der Waals surface area contributed by atoms with Gasteiger partial charge in [-0.3, -0.25) is 19.5 Å². The molecule has 0 bridgehead atoms. The van der Waals surface area contributed by atoms with Crippen LogP contribution in [0.3, 0.4) is 0 Å². The summed E-state index contributed by atoms with van der Waals surface area (Å²) in [4.78, 5) is 25.8. The smallest absolute Gasteiger partial charge is 0.311 e. The minimum Gasteiger partial charge on any atom is -0.450 e. The first-order valence-electron chi connectivity index (χ1n) is 10.9. The van der Waals surface area contributed by atoms with Crippen molar-refractivity contribution in [3.8, 4) is 11.5 Å². The molecule has 2 fully saturated rings. The summed E-state index contributed by atoms with van der Waals surface area (Å²) in [6.45, 7) is 3.57. The van der Waals surface area contributed by atoms with Gasteiger partial charge in [-0.25, -0.2) is 4.67 Å². The molecule has 0 spiro atoms. The Morgan fingerprint density at radius 3 is 2.67 bits per heavy atom. The van der Waals surface area contributed by atoms with Crippen LogP contribution in [0.25, 0.3) is 0 Å². The van der Waals surface area contributed by atoms with Crippen LogP contribution in [0.2, 0.25) is 0 Å². The average Bonchev–Trinajstić information content (AvgIpc) is 3.61. The van der Waals surface area contributed by atoms with Crippen LogP contribution in [0.15, 0.2) is 36.4 Å². The van der Waals surface area contributed by atoms with Crippen LogP contribution in [-0.2, 0) is 20.2 Å². The number of hydrogen-bond donors (Lipinski definition) is 0. The molecule has 2 saturated heterocycles. The van der Waals surface area contributed by atoms with Crippen molar-refractivity contribution < 1.29 is 28.3 Å². The molecule has 2 atom stereocenters. The number of benzene rings is 2. The monoisotopic (exact) mass is 473 g/mol. The third kappa shape index (κ3) is 4.65. The number of amides is 1. The van der Waals surface area contributed by atoms with Crippen LogP contribution in [0, 0.1) is 10.1 Å². The van der Waals surface area contributed by atoms with E-state index in [0.29, 0.717) is 56.0 Å². The Bertz CT molecular complexity index is 1120. The van der Waals surface area contributed by atoms with Gasteiger partial charge in [0.25, 0.3) is 14.1 Å². The first kappa shape index (κ1) is 22.0. The molecule has 0 aromatic heterocycles. The lowest BCUT2D eigenvalue weighted by Gasteiger charge is -2.27. The Morgan fingerprint density at radius 2 is 1.94 bits per heavy atom. The number of rotatable bonds is 7. The summed E-state index contributed by atoms with van der Waals surface area (Å²) in [7, 11) is -2.28. The minimum absolute atomic E-state index is 0.134. The number of hydrogen-bond acceptors (Lipinski definition) is 7. The van der Waals surface area contributed by atoms with E-state index < -0.39 is 13.1 Å². The van der Waals surface area contributed by atoms with Gasteiger partial charge in [0.15, 0.2) is 0 Å². The third-order valence-electron chi connectivity index (χ3n) is 6.02. The van der Waals surface area contributed by atoms with E-state index in [4.69, 9.17) is 14.0 Å². The Morgan fingerprint density at radius 1 is 1.15 bits per heavy atom. The fourth-order valence-electron chi connectivity index (χ4n) is 4.19. The van der Waals surface area contributed by atoms with E-state index >= 15 is 0 Å². The largest absolute Gasteiger partial charge is 0.450 e. The molecule has 10 nitrogen and oxygen atoms in total. The molecule has 5 rings (SSSR count). The van der Waals surface area contributed by atoms with Crippen molar-refractivity contribution in [2.75, 3.05) is 39.4 Å². The highest BCUT2D eigenvalue weighted by molar-refractivity contribution is 7.36. The van der Waals surface area contributed by atoms with Crippen LogP contribution < -0.4 is 4.74 Å². The second kappa shape index (κ2) is 9.23. The Labute approximate surface area is 191 Å². The van der Waals surface area contributed by atoms with Crippen molar-refractivity contribution in [1.82, 2.24) is 9.57 Å². The van der Waals surface area contributed by atoms with Crippen LogP contribution in [-0.4, -0.2) is 59.8 Å². The molecular weight excluding hydrogens is 449 g/mol. The summed E-state index contributed by atoms with van der Waals surface area (Å²) in [5.41, 5.74) is 1.73. The number of carbonyl (C=O) groups excluding carboxylic acids is 1. The van der Waals surface area contributed by atoms with E-state index in [2.05, 4.69) is 0 Å². The van der Waals surface area contributed by atoms with Gasteiger partial charge in [0.2, 0.25) is 5.75 Å². The molecule has 2 aromatic carbocycles. The van der Waals surface area contributed by atoms with Gasteiger partial charge in [-0.2, -0.15) is 0 Å². The lowest BCUT2D eigenvalue weighted by molar-refractivity contribution is -0.385. The molecule has 0 saturated carbocycles. The summed E-state index contributed by atoms with van der Waals surface area (Å²) >= 11 is 0. The molecule has 11 heteroatoms. The Hall–Kier alpha value is -2.78. The van der Waals surface area contributed by atoms with Crippen molar-refractivity contribution in [3.63, 3.8) is 0 Å². The average molecular weight is 473 g/mol. The van der Waals surface area contributed by atoms with Crippen molar-refractivity contribution in [2.45, 2.75) is 18.9 Å². The molecule has 33 heavy (non-hydrogen) atoms. The standard InChI is InChI=1S/C22H24N3O7P/c26-22(23-10-12-30-13-11-23)15-2-1-3-16(14-15)31-21-18-5-7-20(32-33(29)24-8-9-24)17(18)4-6-19(21)25(27)28/h1-4,6,14,20,33H,5,7-13H2/t20-/m1/s1. The van der Waals surface area contributed by atoms with Gasteiger partial charge in [0, 0.05) is 43.4 Å². The van der Waals surface area contributed by atoms with Gasteiger partial charge in [-0.15, -0.1) is 0 Å². The van der Waals surface area contributed by atoms with Crippen molar-refractivity contribution in [2.24, 2.45) is 0 Å². The van der Waals surface area contributed by atoms with E-state index in [-0.39, 0.29) is 23.4 Å². The number of nitrogens with zero attached hydrogens (tertiary/aromatic N) is 3. The molecule has 1 aliphatic carbocycles. The molecule has 1 amide bonds. The maximum atomic E-state index is 12.8. The predicted octanol–water partition coefficient (Wildman–Crippen LogP) is 3.57. The number of fused-ring (bicyclic) bond motifs is 1. The summed E-state index contributed by atoms with van der Waals surface area (Å²) in [6, 6.07) is 9.72. The number of carbonyl (C=O) groups is 1. The van der Waals surface area contributed by atoms with Gasteiger partial charge in [-0.1, -0.05) is 6.07 Å². The zero-order chi connectivity index (χ0) is 22.9. The molecule has 2 aliphatic heterocycles. The normalized spacial score (nSPS) is 20.8. The quantitative estimate of drug-likeness (QED) is 0.260. The first-order valence-corrected chi connectivity index (χ1v) is 12.2. The fraction of sp³-hybridized carbons (Fsp3) is 0.409. The molecule has 1 unspecified atom stereocenters. The van der Waals surface area contributed by atoms with Crippen LogP contribution in [0.4, 0.5) is 5.69 Å². The zero-order valence-corrected chi connectivity index (χ0v) is 18.9. The van der Waals surface area contributed by atoms with Crippen LogP contribution >= 0.6 is 8.18 Å². The highest BCUT2D eigenvalue weighted by Crippen LogP contribution is 2.49. The fourth-order valence-corrected chi connectivity index (χ4v) is 5.29. The number of nitro groups is 1. The topological polar surface area (TPSA) is 111 Å². The first-order chi connectivity index (χ1) is 16.0. The van der Waals surface area contributed by atoms with Crippen molar-refractivity contribution in [1.29, 1.82) is 0 Å². The third-order valence-corrected chi connectivity index (χ3v) is 7.47. The summed E-state index contributed by atoms with van der Waals surface area (Å²) in [5, 5.41) is 11.7. The highest BCUT2D eigenvalue weighted by Gasteiger charge is 2.35. The summed E-state index contributed by atoms with van der Waals surface area (Å²) < 4.78 is 31.1. The van der Waals surface area contributed by atoms with Gasteiger partial charge in [0.05, 0.1) is 24.2 Å². The maximum Gasteiger partial charge on any atom is 0.311 e. The minimum atomic E-state index is -2.28. The van der Waals surface area contributed by atoms with E-state index in [1.807, 2.05) is 0 Å². The number of morpholine rings is 1. The van der Waals surface area contributed by atoms with Crippen LogP contribution in [0.5, 0.6) is 11.5 Å². The SMILES string of the molecule is O=C(c1cccc(Oc2c([N+](=O)[O-])ccc3c2CC[C@H]3O[PH](=O)N2CC2)c1)N1CCOCC1. The second-order valence-corrected chi connectivity index (χ2v) is 9.57. The van der Waals surface area contributed by atoms with E-state index in [1.165, 1.54) is 6.07 Å². The second-order valence-electron chi connectivity index (χ2n) is 8.17. The van der Waals surface area contributed by atoms with Crippen LogP contribution in [0.1, 0.15) is 34.0 Å². The molecular formula is C22H24N3O7P. The number of ether oxygens (including phenoxy) is 2. The van der Waals surface area contributed by atoms with E-state index in [0.717, 1.165) is 18.7 Å². The molecule has 0 N–H and O–H groups in total. The zero-order valence-electron chi connectivity index (χ0n) is 17.9. The maximum absolute atomic E-state index is 12.8. The lowest BCUT2D eigenvalue weighted by atomic mass is 10.1. The number of nitro benzene ring substituents is 1. The van der Waals surface area contributed by atoms with E-state index in [9.17, 15) is 19.5 Å². The lowest BCUT2D eigenvalue weighted by Crippen LogP contribution is -2.40. The molecule has 2 aromatic rings. The highest BCUT2D eigenvalue weighted by atomic mass is 31.1. The van der Waals surface area contributed by atoms with Crippen molar-refractivity contribution >= 4 is 19.8 Å². The molecule has 174 valence electrons. The van der Waals surface area contributed by atoms with E-state index in [1.54, 1.807) is 39.9 Å². The molecule has 3 aliphatic rings. The van der Waals surface area contributed by atoms with Gasteiger partial charge < -0.3 is 18.9 Å². The summed E-state index contributed by atoms with van der Waals surface area (Å²) in [6.07, 6.45) is 0.704. The van der Waals surface area contributed by atoms with Gasteiger partial charge in [-0.05, 0) is 42.7 Å². The van der Waals surface area contributed by atoms with Crippen molar-refractivity contribution in [3.05, 3.63) is 63.2 Å².